The van der Waals surface area contributed by atoms with Crippen LogP contribution in [-0.2, 0) is 6.30 Å². The van der Waals surface area contributed by atoms with Gasteiger partial charge >= 0.3 is 12.1 Å². The fourth-order valence-corrected chi connectivity index (χ4v) is 1.21. The fraction of sp³-hybridized carbons (Fsp3) is 0.125. The third-order valence-electron chi connectivity index (χ3n) is 1.74. The molecule has 0 saturated heterocycles. The van der Waals surface area contributed by atoms with Gasteiger partial charge in [-0.2, -0.15) is 4.57 Å². The Bertz CT molecular complexity index is 528. The number of alkyl halides is 3. The van der Waals surface area contributed by atoms with Gasteiger partial charge in [0.25, 0.3) is 0 Å². The minimum atomic E-state index is -4.75. The monoisotopic (exact) mass is 239 g/mol. The molecule has 15 heavy (non-hydrogen) atoms. The highest BCUT2D eigenvalue weighted by molar-refractivity contribution is 5.85. The highest BCUT2D eigenvalue weighted by atomic mass is 35.5. The van der Waals surface area contributed by atoms with Crippen molar-refractivity contribution < 1.29 is 17.6 Å². The quantitative estimate of drug-likeness (QED) is 0.708. The average molecular weight is 240 g/mol. The Labute approximate surface area is 87.5 Å². The molecule has 1 heterocycles. The third kappa shape index (κ3) is 1.85. The number of oxazole rings is 1. The zero-order chi connectivity index (χ0) is 10.3. The number of fused-ring (bicyclic) bond motifs is 1. The number of rotatable bonds is 0. The minimum absolute atomic E-state index is 0. The molecule has 1 aromatic carbocycles. The van der Waals surface area contributed by atoms with Gasteiger partial charge in [0.15, 0.2) is 5.58 Å². The van der Waals surface area contributed by atoms with Gasteiger partial charge in [-0.05, 0) is 12.1 Å². The summed E-state index contributed by atoms with van der Waals surface area (Å²) in [4.78, 5) is 10.9. The maximum Gasteiger partial charge on any atom is 0.494 e. The highest BCUT2D eigenvalue weighted by Gasteiger charge is 2.35. The molecular formula is C8H5ClF3NO2. The van der Waals surface area contributed by atoms with Crippen molar-refractivity contribution in [3.63, 3.8) is 0 Å². The van der Waals surface area contributed by atoms with E-state index in [0.29, 0.717) is 0 Å². The van der Waals surface area contributed by atoms with E-state index in [-0.39, 0.29) is 28.1 Å². The zero-order valence-electron chi connectivity index (χ0n) is 7.12. The molecular weight excluding hydrogens is 235 g/mol. The van der Waals surface area contributed by atoms with Crippen LogP contribution >= 0.6 is 12.4 Å². The molecule has 0 N–H and O–H groups in total. The summed E-state index contributed by atoms with van der Waals surface area (Å²) in [5.74, 6) is -1.42. The molecule has 0 aliphatic rings. The summed E-state index contributed by atoms with van der Waals surface area (Å²) < 4.78 is 41.0. The molecule has 0 bridgehead atoms. The molecule has 0 radical (unpaired) electrons. The van der Waals surface area contributed by atoms with Crippen LogP contribution in [-0.4, -0.2) is 4.57 Å². The number of benzene rings is 1. The van der Waals surface area contributed by atoms with Crippen LogP contribution < -0.4 is 5.76 Å². The van der Waals surface area contributed by atoms with Crippen molar-refractivity contribution in [2.24, 2.45) is 0 Å². The van der Waals surface area contributed by atoms with E-state index in [4.69, 9.17) is 0 Å². The maximum absolute atomic E-state index is 12.3. The van der Waals surface area contributed by atoms with Gasteiger partial charge in [-0.15, -0.1) is 25.6 Å². The molecule has 0 spiro atoms. The summed E-state index contributed by atoms with van der Waals surface area (Å²) in [7, 11) is 0. The molecule has 3 nitrogen and oxygen atoms in total. The van der Waals surface area contributed by atoms with Crippen LogP contribution in [0.2, 0.25) is 0 Å². The summed E-state index contributed by atoms with van der Waals surface area (Å²) in [6.07, 6.45) is -4.75. The Morgan fingerprint density at radius 3 is 2.40 bits per heavy atom. The molecule has 0 aliphatic carbocycles. The van der Waals surface area contributed by atoms with E-state index < -0.39 is 12.1 Å². The second-order valence-electron chi connectivity index (χ2n) is 2.64. The maximum atomic E-state index is 12.3. The smallest absolute Gasteiger partial charge is 0.408 e. The summed E-state index contributed by atoms with van der Waals surface area (Å²) >= 11 is 0. The summed E-state index contributed by atoms with van der Waals surface area (Å²) in [6.45, 7) is 0. The van der Waals surface area contributed by atoms with Crippen molar-refractivity contribution in [2.45, 2.75) is 6.30 Å². The Balaban J connectivity index is 0.00000112. The van der Waals surface area contributed by atoms with Crippen molar-refractivity contribution in [3.8, 4) is 0 Å². The molecule has 0 fully saturated rings. The molecule has 82 valence electrons. The number of halogens is 4. The molecule has 0 amide bonds. The van der Waals surface area contributed by atoms with Gasteiger partial charge in [0.05, 0.1) is 5.52 Å². The van der Waals surface area contributed by atoms with Gasteiger partial charge in [-0.1, -0.05) is 12.1 Å². The lowest BCUT2D eigenvalue weighted by molar-refractivity contribution is -0.204. The van der Waals surface area contributed by atoms with E-state index in [0.717, 1.165) is 0 Å². The normalized spacial score (nSPS) is 11.4. The van der Waals surface area contributed by atoms with Gasteiger partial charge in [-0.25, -0.2) is 4.79 Å². The molecule has 0 aliphatic heterocycles. The highest BCUT2D eigenvalue weighted by Crippen LogP contribution is 2.25. The average Bonchev–Trinajstić information content (AvgIpc) is 2.38. The van der Waals surface area contributed by atoms with Gasteiger partial charge in [-0.3, -0.25) is 0 Å². The lowest BCUT2D eigenvalue weighted by Crippen LogP contribution is -2.26. The van der Waals surface area contributed by atoms with Gasteiger partial charge < -0.3 is 4.42 Å². The Kier molecular flexibility index (Phi) is 2.81. The lowest BCUT2D eigenvalue weighted by Gasteiger charge is -2.04. The SMILES string of the molecule is Cl.O=c1oc2ccccc2n1C(F)(F)F. The first-order chi connectivity index (χ1) is 6.50. The van der Waals surface area contributed by atoms with Crippen molar-refractivity contribution >= 4 is 23.5 Å². The third-order valence-corrected chi connectivity index (χ3v) is 1.74. The molecule has 0 atom stereocenters. The van der Waals surface area contributed by atoms with Crippen LogP contribution in [0.3, 0.4) is 0 Å². The van der Waals surface area contributed by atoms with Crippen molar-refractivity contribution in [3.05, 3.63) is 34.8 Å². The number of aromatic nitrogens is 1. The number of nitrogens with zero attached hydrogens (tertiary/aromatic N) is 1. The fourth-order valence-electron chi connectivity index (χ4n) is 1.21. The minimum Gasteiger partial charge on any atom is -0.408 e. The predicted molar refractivity (Wildman–Crippen MR) is 49.0 cm³/mol. The Morgan fingerprint density at radius 1 is 1.20 bits per heavy atom. The lowest BCUT2D eigenvalue weighted by atomic mass is 10.3. The number of para-hydroxylation sites is 2. The van der Waals surface area contributed by atoms with Gasteiger partial charge in [0.1, 0.15) is 0 Å². The molecule has 0 saturated carbocycles. The van der Waals surface area contributed by atoms with Crippen molar-refractivity contribution in [1.82, 2.24) is 4.57 Å². The summed E-state index contributed by atoms with van der Waals surface area (Å²) in [5.41, 5.74) is -0.347. The van der Waals surface area contributed by atoms with Crippen LogP contribution in [0.5, 0.6) is 0 Å². The first-order valence-corrected chi connectivity index (χ1v) is 3.68. The van der Waals surface area contributed by atoms with Crippen LogP contribution in [0.15, 0.2) is 33.5 Å². The molecule has 2 aromatic rings. The van der Waals surface area contributed by atoms with Crippen LogP contribution in [0.25, 0.3) is 11.1 Å². The predicted octanol–water partition coefficient (Wildman–Crippen LogP) is 2.49. The number of hydrogen-bond donors (Lipinski definition) is 0. The van der Waals surface area contributed by atoms with E-state index in [1.807, 2.05) is 0 Å². The van der Waals surface area contributed by atoms with E-state index in [2.05, 4.69) is 4.42 Å². The van der Waals surface area contributed by atoms with Crippen LogP contribution in [0, 0.1) is 0 Å². The van der Waals surface area contributed by atoms with Crippen LogP contribution in [0.1, 0.15) is 0 Å². The van der Waals surface area contributed by atoms with E-state index in [9.17, 15) is 18.0 Å². The Morgan fingerprint density at radius 2 is 1.80 bits per heavy atom. The Hall–Kier alpha value is -1.43. The number of hydrogen-bond acceptors (Lipinski definition) is 2. The first kappa shape index (κ1) is 11.6. The summed E-state index contributed by atoms with van der Waals surface area (Å²) in [6, 6.07) is 5.37. The van der Waals surface area contributed by atoms with E-state index in [1.54, 1.807) is 0 Å². The van der Waals surface area contributed by atoms with Crippen molar-refractivity contribution in [2.75, 3.05) is 0 Å². The summed E-state index contributed by atoms with van der Waals surface area (Å²) in [5, 5.41) is 0. The van der Waals surface area contributed by atoms with E-state index >= 15 is 0 Å². The van der Waals surface area contributed by atoms with Gasteiger partial charge in [0.2, 0.25) is 0 Å². The van der Waals surface area contributed by atoms with E-state index in [1.165, 1.54) is 24.3 Å². The standard InChI is InChI=1S/C8H4F3NO2.ClH/c9-8(10,11)12-5-3-1-2-4-6(5)14-7(12)13;/h1-4H;1H. The topological polar surface area (TPSA) is 35.1 Å². The largest absolute Gasteiger partial charge is 0.494 e. The zero-order valence-corrected chi connectivity index (χ0v) is 7.93. The molecule has 1 aromatic heterocycles. The second-order valence-corrected chi connectivity index (χ2v) is 2.64. The van der Waals surface area contributed by atoms with Crippen LogP contribution in [0.4, 0.5) is 13.2 Å². The second kappa shape index (κ2) is 3.62. The molecule has 0 unspecified atom stereocenters. The van der Waals surface area contributed by atoms with Crippen molar-refractivity contribution in [1.29, 1.82) is 0 Å². The van der Waals surface area contributed by atoms with Gasteiger partial charge in [0, 0.05) is 0 Å². The first-order valence-electron chi connectivity index (χ1n) is 3.68. The molecule has 2 rings (SSSR count). The molecule has 7 heteroatoms.